The number of amides is 3. The minimum atomic E-state index is -0.512. The Morgan fingerprint density at radius 3 is 2.85 bits per heavy atom. The number of rotatable bonds is 4. The minimum Gasteiger partial charge on any atom is -0.467 e. The van der Waals surface area contributed by atoms with Crippen LogP contribution in [-0.4, -0.2) is 34.6 Å². The SMILES string of the molecule is C[C@@H]1[C@H](C)CCC[C@@H]1NC(=O)NC(=O)COc1ncnc2ccccc12. The number of aromatic nitrogens is 2. The summed E-state index contributed by atoms with van der Waals surface area (Å²) in [4.78, 5) is 32.3. The van der Waals surface area contributed by atoms with Crippen LogP contribution in [0.2, 0.25) is 0 Å². The molecule has 7 heteroatoms. The number of carbonyl (C=O) groups is 2. The molecule has 1 aromatic heterocycles. The van der Waals surface area contributed by atoms with E-state index < -0.39 is 11.9 Å². The highest BCUT2D eigenvalue weighted by Crippen LogP contribution is 2.29. The van der Waals surface area contributed by atoms with Crippen LogP contribution in [0.25, 0.3) is 10.9 Å². The van der Waals surface area contributed by atoms with E-state index >= 15 is 0 Å². The van der Waals surface area contributed by atoms with E-state index in [1.165, 1.54) is 12.7 Å². The Hall–Kier alpha value is -2.70. The van der Waals surface area contributed by atoms with Crippen molar-refractivity contribution in [3.05, 3.63) is 30.6 Å². The third kappa shape index (κ3) is 4.28. The molecule has 2 N–H and O–H groups in total. The maximum absolute atomic E-state index is 12.1. The number of ether oxygens (including phenoxy) is 1. The van der Waals surface area contributed by atoms with Gasteiger partial charge in [-0.05, 0) is 30.4 Å². The van der Waals surface area contributed by atoms with Crippen LogP contribution >= 0.6 is 0 Å². The summed E-state index contributed by atoms with van der Waals surface area (Å²) in [6.45, 7) is 4.05. The van der Waals surface area contributed by atoms with Crippen LogP contribution in [0.4, 0.5) is 4.79 Å². The molecule has 3 rings (SSSR count). The summed E-state index contributed by atoms with van der Waals surface area (Å²) in [6, 6.07) is 6.99. The molecule has 1 heterocycles. The Morgan fingerprint density at radius 2 is 2.00 bits per heavy atom. The van der Waals surface area contributed by atoms with Crippen molar-refractivity contribution in [2.45, 2.75) is 39.2 Å². The van der Waals surface area contributed by atoms with Crippen LogP contribution < -0.4 is 15.4 Å². The number of hydrogen-bond acceptors (Lipinski definition) is 5. The summed E-state index contributed by atoms with van der Waals surface area (Å²) in [5, 5.41) is 5.95. The van der Waals surface area contributed by atoms with E-state index in [0.717, 1.165) is 23.7 Å². The largest absolute Gasteiger partial charge is 0.467 e. The average molecular weight is 356 g/mol. The van der Waals surface area contributed by atoms with Gasteiger partial charge in [-0.3, -0.25) is 10.1 Å². The molecular weight excluding hydrogens is 332 g/mol. The number of fused-ring (bicyclic) bond motifs is 1. The van der Waals surface area contributed by atoms with Gasteiger partial charge in [-0.15, -0.1) is 0 Å². The van der Waals surface area contributed by atoms with E-state index in [-0.39, 0.29) is 12.6 Å². The fraction of sp³-hybridized carbons (Fsp3) is 0.474. The second kappa shape index (κ2) is 8.12. The number of urea groups is 1. The topological polar surface area (TPSA) is 93.2 Å². The Kier molecular flexibility index (Phi) is 5.65. The lowest BCUT2D eigenvalue weighted by atomic mass is 9.78. The zero-order valence-electron chi connectivity index (χ0n) is 15.1. The second-order valence-corrected chi connectivity index (χ2v) is 6.88. The smallest absolute Gasteiger partial charge is 0.321 e. The fourth-order valence-electron chi connectivity index (χ4n) is 3.38. The number of imide groups is 1. The number of hydrogen-bond donors (Lipinski definition) is 2. The molecule has 1 aliphatic carbocycles. The van der Waals surface area contributed by atoms with Crippen LogP contribution in [-0.2, 0) is 4.79 Å². The maximum atomic E-state index is 12.1. The van der Waals surface area contributed by atoms with Gasteiger partial charge in [0, 0.05) is 6.04 Å². The molecule has 1 fully saturated rings. The maximum Gasteiger partial charge on any atom is 0.321 e. The number of nitrogens with zero attached hydrogens (tertiary/aromatic N) is 2. The number of benzene rings is 1. The first-order valence-electron chi connectivity index (χ1n) is 8.97. The molecule has 7 nitrogen and oxygen atoms in total. The fourth-order valence-corrected chi connectivity index (χ4v) is 3.38. The Bertz CT molecular complexity index is 790. The summed E-state index contributed by atoms with van der Waals surface area (Å²) >= 11 is 0. The number of carbonyl (C=O) groups excluding carboxylic acids is 2. The van der Waals surface area contributed by atoms with Gasteiger partial charge in [0.25, 0.3) is 5.91 Å². The van der Waals surface area contributed by atoms with E-state index in [1.807, 2.05) is 24.3 Å². The van der Waals surface area contributed by atoms with Crippen LogP contribution in [0.15, 0.2) is 30.6 Å². The lowest BCUT2D eigenvalue weighted by Gasteiger charge is -2.34. The molecule has 1 aromatic carbocycles. The van der Waals surface area contributed by atoms with E-state index in [1.54, 1.807) is 0 Å². The molecule has 26 heavy (non-hydrogen) atoms. The zero-order valence-corrected chi connectivity index (χ0v) is 15.1. The van der Waals surface area contributed by atoms with Gasteiger partial charge in [0.05, 0.1) is 10.9 Å². The lowest BCUT2D eigenvalue weighted by Crippen LogP contribution is -2.50. The number of para-hydroxylation sites is 1. The summed E-state index contributed by atoms with van der Waals surface area (Å²) < 4.78 is 5.47. The predicted octanol–water partition coefficient (Wildman–Crippen LogP) is 2.66. The van der Waals surface area contributed by atoms with Crippen molar-refractivity contribution in [1.29, 1.82) is 0 Å². The van der Waals surface area contributed by atoms with Crippen molar-refractivity contribution in [2.75, 3.05) is 6.61 Å². The second-order valence-electron chi connectivity index (χ2n) is 6.88. The van der Waals surface area contributed by atoms with Crippen LogP contribution in [0, 0.1) is 11.8 Å². The monoisotopic (exact) mass is 356 g/mol. The highest BCUT2D eigenvalue weighted by Gasteiger charge is 2.28. The zero-order chi connectivity index (χ0) is 18.5. The Balaban J connectivity index is 1.51. The van der Waals surface area contributed by atoms with Crippen LogP contribution in [0.1, 0.15) is 33.1 Å². The van der Waals surface area contributed by atoms with Crippen molar-refractivity contribution < 1.29 is 14.3 Å². The molecule has 138 valence electrons. The van der Waals surface area contributed by atoms with Gasteiger partial charge in [0.1, 0.15) is 6.33 Å². The van der Waals surface area contributed by atoms with Crippen molar-refractivity contribution in [3.63, 3.8) is 0 Å². The van der Waals surface area contributed by atoms with E-state index in [4.69, 9.17) is 4.74 Å². The molecule has 0 radical (unpaired) electrons. The average Bonchev–Trinajstić information content (AvgIpc) is 2.63. The van der Waals surface area contributed by atoms with Gasteiger partial charge in [-0.1, -0.05) is 38.8 Å². The summed E-state index contributed by atoms with van der Waals surface area (Å²) in [7, 11) is 0. The molecule has 1 aliphatic rings. The van der Waals surface area contributed by atoms with Crippen molar-refractivity contribution >= 4 is 22.8 Å². The van der Waals surface area contributed by atoms with Gasteiger partial charge in [-0.25, -0.2) is 14.8 Å². The Morgan fingerprint density at radius 1 is 1.19 bits per heavy atom. The normalized spacial score (nSPS) is 22.6. The highest BCUT2D eigenvalue weighted by atomic mass is 16.5. The molecule has 2 aromatic rings. The van der Waals surface area contributed by atoms with Crippen LogP contribution in [0.5, 0.6) is 5.88 Å². The van der Waals surface area contributed by atoms with Gasteiger partial charge in [-0.2, -0.15) is 0 Å². The summed E-state index contributed by atoms with van der Waals surface area (Å²) in [5.74, 6) is 0.773. The Labute approximate surface area is 152 Å². The highest BCUT2D eigenvalue weighted by molar-refractivity contribution is 5.95. The van der Waals surface area contributed by atoms with Crippen molar-refractivity contribution in [3.8, 4) is 5.88 Å². The third-order valence-electron chi connectivity index (χ3n) is 5.12. The van der Waals surface area contributed by atoms with Crippen LogP contribution in [0.3, 0.4) is 0 Å². The van der Waals surface area contributed by atoms with Crippen molar-refractivity contribution in [2.24, 2.45) is 11.8 Å². The van der Waals surface area contributed by atoms with E-state index in [2.05, 4.69) is 34.4 Å². The summed E-state index contributed by atoms with van der Waals surface area (Å²) in [6.07, 6.45) is 4.60. The molecule has 0 bridgehead atoms. The number of nitrogens with one attached hydrogen (secondary N) is 2. The quantitative estimate of drug-likeness (QED) is 0.878. The molecule has 0 aliphatic heterocycles. The lowest BCUT2D eigenvalue weighted by molar-refractivity contribution is -0.122. The predicted molar refractivity (Wildman–Crippen MR) is 97.7 cm³/mol. The standard InChI is InChI=1S/C19H24N4O3/c1-12-6-5-9-15(13(12)2)22-19(25)23-17(24)10-26-18-14-7-3-4-8-16(14)20-11-21-18/h3-4,7-8,11-13,15H,5-6,9-10H2,1-2H3,(H2,22,23,24,25)/t12-,13-,15+/m1/s1. The van der Waals surface area contributed by atoms with Gasteiger partial charge >= 0.3 is 6.03 Å². The molecule has 0 spiro atoms. The molecule has 0 unspecified atom stereocenters. The van der Waals surface area contributed by atoms with Crippen molar-refractivity contribution in [1.82, 2.24) is 20.6 Å². The third-order valence-corrected chi connectivity index (χ3v) is 5.12. The molecular formula is C19H24N4O3. The van der Waals surface area contributed by atoms with E-state index in [9.17, 15) is 9.59 Å². The first kappa shape index (κ1) is 18.1. The molecule has 3 amide bonds. The van der Waals surface area contributed by atoms with Gasteiger partial charge in [0.15, 0.2) is 6.61 Å². The van der Waals surface area contributed by atoms with Gasteiger partial charge in [0.2, 0.25) is 5.88 Å². The first-order chi connectivity index (χ1) is 12.5. The minimum absolute atomic E-state index is 0.0956. The first-order valence-corrected chi connectivity index (χ1v) is 8.97. The summed E-state index contributed by atoms with van der Waals surface area (Å²) in [5.41, 5.74) is 0.732. The van der Waals surface area contributed by atoms with E-state index in [0.29, 0.717) is 17.7 Å². The van der Waals surface area contributed by atoms with Gasteiger partial charge < -0.3 is 10.1 Å². The molecule has 0 saturated heterocycles. The molecule has 3 atom stereocenters. The molecule has 1 saturated carbocycles.